The van der Waals surface area contributed by atoms with Crippen LogP contribution in [-0.4, -0.2) is 0 Å². The number of allylic oxidation sites excluding steroid dienone is 5. The Morgan fingerprint density at radius 1 is 1.15 bits per heavy atom. The van der Waals surface area contributed by atoms with Crippen LogP contribution >= 0.6 is 23.2 Å². The van der Waals surface area contributed by atoms with Crippen molar-refractivity contribution in [2.24, 2.45) is 16.7 Å². The third-order valence-corrected chi connectivity index (χ3v) is 4.62. The molecule has 0 heterocycles. The van der Waals surface area contributed by atoms with Crippen LogP contribution in [0.2, 0.25) is 0 Å². The van der Waals surface area contributed by atoms with Crippen LogP contribution in [0.4, 0.5) is 0 Å². The number of halogens is 2. The quantitative estimate of drug-likeness (QED) is 0.451. The van der Waals surface area contributed by atoms with Gasteiger partial charge in [0.2, 0.25) is 0 Å². The van der Waals surface area contributed by atoms with Gasteiger partial charge in [-0.3, -0.25) is 0 Å². The van der Waals surface area contributed by atoms with E-state index in [0.29, 0.717) is 16.0 Å². The molecule has 1 atom stereocenters. The molecule has 0 aromatic rings. The Morgan fingerprint density at radius 2 is 1.65 bits per heavy atom. The maximum atomic E-state index is 6.22. The Balaban J connectivity index is 5.72. The van der Waals surface area contributed by atoms with E-state index in [1.807, 2.05) is 19.1 Å². The first-order chi connectivity index (χ1) is 8.94. The minimum absolute atomic E-state index is 0.199. The van der Waals surface area contributed by atoms with Gasteiger partial charge in [0.1, 0.15) is 0 Å². The van der Waals surface area contributed by atoms with Gasteiger partial charge < -0.3 is 0 Å². The molecule has 1 unspecified atom stereocenters. The molecule has 0 aliphatic carbocycles. The van der Waals surface area contributed by atoms with Crippen molar-refractivity contribution < 1.29 is 0 Å². The summed E-state index contributed by atoms with van der Waals surface area (Å²) in [6.45, 7) is 19.5. The summed E-state index contributed by atoms with van der Waals surface area (Å²) in [6.07, 6.45) is 6.11. The largest absolute Gasteiger partial charge is 0.0988 e. The molecule has 0 rings (SSSR count). The summed E-state index contributed by atoms with van der Waals surface area (Å²) in [7, 11) is 0. The summed E-state index contributed by atoms with van der Waals surface area (Å²) >= 11 is 12.2. The molecule has 0 amide bonds. The summed E-state index contributed by atoms with van der Waals surface area (Å²) in [4.78, 5) is 0. The van der Waals surface area contributed by atoms with Crippen LogP contribution in [0.15, 0.2) is 34.4 Å². The standard InChI is InChI=1S/C18H30Cl2/c1-9-14(11-16(20)13(3)19)15(12-17(4,5)6)18(7,8)10-2/h9,11,15H,1,10,12H2,2-8H3/b14-11+,16-13-. The fourth-order valence-electron chi connectivity index (χ4n) is 2.25. The molecule has 20 heavy (non-hydrogen) atoms. The van der Waals surface area contributed by atoms with Crippen molar-refractivity contribution in [3.05, 3.63) is 34.4 Å². The Bertz CT molecular complexity index is 388. The fourth-order valence-corrected chi connectivity index (χ4v) is 2.43. The molecule has 0 spiro atoms. The molecular formula is C18H30Cl2. The lowest BCUT2D eigenvalue weighted by Crippen LogP contribution is -2.29. The number of rotatable bonds is 6. The van der Waals surface area contributed by atoms with E-state index in [0.717, 1.165) is 12.8 Å². The minimum Gasteiger partial charge on any atom is -0.0988 e. The highest BCUT2D eigenvalue weighted by atomic mass is 35.5. The molecule has 0 nitrogen and oxygen atoms in total. The molecule has 0 N–H and O–H groups in total. The van der Waals surface area contributed by atoms with Gasteiger partial charge in [-0.1, -0.05) is 83.8 Å². The predicted molar refractivity (Wildman–Crippen MR) is 94.3 cm³/mol. The average molecular weight is 317 g/mol. The summed E-state index contributed by atoms with van der Waals surface area (Å²) in [5, 5.41) is 1.22. The van der Waals surface area contributed by atoms with Crippen molar-refractivity contribution in [2.45, 2.75) is 61.3 Å². The highest BCUT2D eigenvalue weighted by Crippen LogP contribution is 2.43. The Labute approximate surface area is 135 Å². The average Bonchev–Trinajstić information content (AvgIpc) is 2.31. The lowest BCUT2D eigenvalue weighted by atomic mass is 9.66. The van der Waals surface area contributed by atoms with Crippen LogP contribution in [0.3, 0.4) is 0 Å². The van der Waals surface area contributed by atoms with Crippen LogP contribution < -0.4 is 0 Å². The van der Waals surface area contributed by atoms with Gasteiger partial charge in [-0.2, -0.15) is 0 Å². The maximum Gasteiger partial charge on any atom is 0.0551 e. The van der Waals surface area contributed by atoms with E-state index in [4.69, 9.17) is 23.2 Å². The molecule has 0 aliphatic rings. The van der Waals surface area contributed by atoms with E-state index < -0.39 is 0 Å². The smallest absolute Gasteiger partial charge is 0.0551 e. The normalized spacial score (nSPS) is 16.8. The van der Waals surface area contributed by atoms with Crippen LogP contribution in [0, 0.1) is 16.7 Å². The SMILES string of the molecule is C=C/C(=C\C(Cl)=C(/C)Cl)C(CC(C)(C)C)C(C)(C)CC. The molecule has 0 saturated heterocycles. The monoisotopic (exact) mass is 316 g/mol. The first kappa shape index (κ1) is 19.8. The first-order valence-corrected chi connectivity index (χ1v) is 8.06. The van der Waals surface area contributed by atoms with E-state index in [1.165, 1.54) is 5.57 Å². The zero-order valence-corrected chi connectivity index (χ0v) is 15.6. The highest BCUT2D eigenvalue weighted by Gasteiger charge is 2.33. The van der Waals surface area contributed by atoms with Crippen LogP contribution in [0.1, 0.15) is 61.3 Å². The van der Waals surface area contributed by atoms with E-state index in [9.17, 15) is 0 Å². The number of hydrogen-bond donors (Lipinski definition) is 0. The molecule has 0 aromatic carbocycles. The van der Waals surface area contributed by atoms with Crippen molar-refractivity contribution in [1.29, 1.82) is 0 Å². The van der Waals surface area contributed by atoms with Crippen LogP contribution in [0.25, 0.3) is 0 Å². The molecule has 0 bridgehead atoms. The van der Waals surface area contributed by atoms with Crippen molar-refractivity contribution in [1.82, 2.24) is 0 Å². The lowest BCUT2D eigenvalue weighted by Gasteiger charge is -2.38. The van der Waals surface area contributed by atoms with E-state index in [2.05, 4.69) is 48.1 Å². The molecule has 0 aromatic heterocycles. The lowest BCUT2D eigenvalue weighted by molar-refractivity contribution is 0.174. The van der Waals surface area contributed by atoms with Gasteiger partial charge >= 0.3 is 0 Å². The Hall–Kier alpha value is -0.200. The molecule has 0 radical (unpaired) electrons. The van der Waals surface area contributed by atoms with E-state index >= 15 is 0 Å². The predicted octanol–water partition coefficient (Wildman–Crippen LogP) is 7.30. The summed E-state index contributed by atoms with van der Waals surface area (Å²) in [6, 6.07) is 0. The zero-order chi connectivity index (χ0) is 16.1. The van der Waals surface area contributed by atoms with Gasteiger partial charge in [0.05, 0.1) is 5.03 Å². The van der Waals surface area contributed by atoms with E-state index in [-0.39, 0.29) is 10.8 Å². The maximum absolute atomic E-state index is 6.22. The molecule has 0 saturated carbocycles. The van der Waals surface area contributed by atoms with E-state index in [1.54, 1.807) is 0 Å². The van der Waals surface area contributed by atoms with Crippen LogP contribution in [-0.2, 0) is 0 Å². The van der Waals surface area contributed by atoms with Crippen molar-refractivity contribution in [2.75, 3.05) is 0 Å². The second-order valence-electron chi connectivity index (χ2n) is 7.39. The fraction of sp³-hybridized carbons (Fsp3) is 0.667. The Kier molecular flexibility index (Phi) is 7.63. The van der Waals surface area contributed by atoms with Crippen molar-refractivity contribution in [3.8, 4) is 0 Å². The molecule has 2 heteroatoms. The highest BCUT2D eigenvalue weighted by molar-refractivity contribution is 6.40. The summed E-state index contributed by atoms with van der Waals surface area (Å²) in [5.41, 5.74) is 1.63. The Morgan fingerprint density at radius 3 is 1.95 bits per heavy atom. The second kappa shape index (κ2) is 7.71. The second-order valence-corrected chi connectivity index (χ2v) is 8.36. The van der Waals surface area contributed by atoms with Gasteiger partial charge in [-0.05, 0) is 41.7 Å². The van der Waals surface area contributed by atoms with Crippen molar-refractivity contribution in [3.63, 3.8) is 0 Å². The molecule has 116 valence electrons. The topological polar surface area (TPSA) is 0 Å². The number of hydrogen-bond acceptors (Lipinski definition) is 0. The first-order valence-electron chi connectivity index (χ1n) is 7.30. The zero-order valence-electron chi connectivity index (χ0n) is 14.1. The van der Waals surface area contributed by atoms with Gasteiger partial charge in [-0.15, -0.1) is 0 Å². The molecule has 0 aliphatic heterocycles. The van der Waals surface area contributed by atoms with Gasteiger partial charge in [-0.25, -0.2) is 0 Å². The third-order valence-electron chi connectivity index (χ3n) is 3.93. The van der Waals surface area contributed by atoms with Gasteiger partial charge in [0.15, 0.2) is 0 Å². The molecule has 0 fully saturated rings. The van der Waals surface area contributed by atoms with Crippen molar-refractivity contribution >= 4 is 23.2 Å². The summed E-state index contributed by atoms with van der Waals surface area (Å²) in [5.74, 6) is 0.412. The van der Waals surface area contributed by atoms with Gasteiger partial charge in [0, 0.05) is 5.03 Å². The third kappa shape index (κ3) is 6.50. The van der Waals surface area contributed by atoms with Crippen LogP contribution in [0.5, 0.6) is 0 Å². The minimum atomic E-state index is 0.199. The summed E-state index contributed by atoms with van der Waals surface area (Å²) < 4.78 is 0. The molecular weight excluding hydrogens is 287 g/mol. The van der Waals surface area contributed by atoms with Gasteiger partial charge in [0.25, 0.3) is 0 Å².